The molecule has 0 saturated carbocycles. The fraction of sp³-hybridized carbons (Fsp3) is 0.467. The summed E-state index contributed by atoms with van der Waals surface area (Å²) in [7, 11) is -4.32. The number of rotatable bonds is 9. The molecule has 0 bridgehead atoms. The highest BCUT2D eigenvalue weighted by molar-refractivity contribution is 7.93. The van der Waals surface area contributed by atoms with E-state index in [4.69, 9.17) is 23.1 Å². The van der Waals surface area contributed by atoms with E-state index in [2.05, 4.69) is 19.4 Å². The van der Waals surface area contributed by atoms with Crippen molar-refractivity contribution in [3.8, 4) is 0 Å². The molecule has 0 radical (unpaired) electrons. The summed E-state index contributed by atoms with van der Waals surface area (Å²) in [6, 6.07) is -1.00. The minimum absolute atomic E-state index is 0.00439. The van der Waals surface area contributed by atoms with Crippen LogP contribution in [0.1, 0.15) is 13.3 Å². The first-order valence-corrected chi connectivity index (χ1v) is 11.0. The maximum absolute atomic E-state index is 14.5. The predicted octanol–water partition coefficient (Wildman–Crippen LogP) is 2.79. The number of nitrogens with zero attached hydrogens (tertiary/aromatic N) is 2. The quantitative estimate of drug-likeness (QED) is 0.397. The second kappa shape index (κ2) is 9.60. The number of sulfonamides is 1. The molecule has 0 aliphatic rings. The molecule has 0 fully saturated rings. The number of hydrogen-bond acceptors (Lipinski definition) is 8. The molecule has 168 valence electrons. The van der Waals surface area contributed by atoms with Gasteiger partial charge in [-0.3, -0.25) is 4.72 Å². The summed E-state index contributed by atoms with van der Waals surface area (Å²) in [6.07, 6.45) is -3.91. The average Bonchev–Trinajstić information content (AvgIpc) is 3.11. The minimum Gasteiger partial charge on any atom is -0.383 e. The number of aromatic nitrogens is 2. The Kier molecular flexibility index (Phi) is 7.85. The molecule has 1 unspecified atom stereocenters. The van der Waals surface area contributed by atoms with Crippen LogP contribution in [0.5, 0.6) is 0 Å². The third kappa shape index (κ3) is 6.38. The molecule has 0 aliphatic carbocycles. The van der Waals surface area contributed by atoms with Crippen molar-refractivity contribution in [2.75, 3.05) is 16.6 Å². The SMILES string of the molecule is C[C@@H](N)[C@H](CNc1cc(F)c(S(=O)(=O)Nc2ncns2)cc1Cl)CC(N)C(F)(F)F. The summed E-state index contributed by atoms with van der Waals surface area (Å²) < 4.78 is 83.0. The number of nitrogens with two attached hydrogens (primary N) is 2. The van der Waals surface area contributed by atoms with Gasteiger partial charge in [0.2, 0.25) is 5.13 Å². The van der Waals surface area contributed by atoms with Gasteiger partial charge in [-0.05, 0) is 31.4 Å². The van der Waals surface area contributed by atoms with Gasteiger partial charge in [-0.1, -0.05) is 11.6 Å². The van der Waals surface area contributed by atoms with Crippen molar-refractivity contribution in [1.29, 1.82) is 0 Å². The summed E-state index contributed by atoms with van der Waals surface area (Å²) in [6.45, 7) is 1.43. The maximum atomic E-state index is 14.5. The van der Waals surface area contributed by atoms with Gasteiger partial charge in [0.25, 0.3) is 10.0 Å². The number of benzene rings is 1. The van der Waals surface area contributed by atoms with E-state index in [-0.39, 0.29) is 22.4 Å². The Bertz CT molecular complexity index is 957. The van der Waals surface area contributed by atoms with Crippen LogP contribution in [0.2, 0.25) is 5.02 Å². The van der Waals surface area contributed by atoms with E-state index in [0.29, 0.717) is 0 Å². The molecule has 3 atom stereocenters. The van der Waals surface area contributed by atoms with Gasteiger partial charge < -0.3 is 16.8 Å². The van der Waals surface area contributed by atoms with Gasteiger partial charge >= 0.3 is 6.18 Å². The zero-order valence-electron chi connectivity index (χ0n) is 15.5. The predicted molar refractivity (Wildman–Crippen MR) is 106 cm³/mol. The summed E-state index contributed by atoms with van der Waals surface area (Å²) in [4.78, 5) is 2.92. The Hall–Kier alpha value is -1.74. The third-order valence-corrected chi connectivity index (χ3v) is 6.55. The van der Waals surface area contributed by atoms with Crippen LogP contribution in [-0.2, 0) is 10.0 Å². The summed E-state index contributed by atoms with van der Waals surface area (Å²) in [5.74, 6) is -1.83. The van der Waals surface area contributed by atoms with Crippen molar-refractivity contribution >= 4 is 44.0 Å². The highest BCUT2D eigenvalue weighted by atomic mass is 35.5. The lowest BCUT2D eigenvalue weighted by Gasteiger charge is -2.26. The minimum atomic E-state index is -4.58. The molecule has 2 aromatic rings. The monoisotopic (exact) mass is 490 g/mol. The molecule has 1 aromatic heterocycles. The van der Waals surface area contributed by atoms with Crippen LogP contribution >= 0.6 is 23.1 Å². The molecule has 0 saturated heterocycles. The van der Waals surface area contributed by atoms with Gasteiger partial charge in [-0.15, -0.1) is 0 Å². The molecular formula is C15H19ClF4N6O2S2. The molecule has 0 amide bonds. The second-order valence-corrected chi connectivity index (χ2v) is 9.34. The van der Waals surface area contributed by atoms with Crippen molar-refractivity contribution in [3.05, 3.63) is 29.3 Å². The molecule has 6 N–H and O–H groups in total. The Labute approximate surface area is 179 Å². The fourth-order valence-electron chi connectivity index (χ4n) is 2.44. The Morgan fingerprint density at radius 3 is 2.50 bits per heavy atom. The number of nitrogens with one attached hydrogen (secondary N) is 2. The number of alkyl halides is 3. The van der Waals surface area contributed by atoms with Crippen LogP contribution in [0.3, 0.4) is 0 Å². The van der Waals surface area contributed by atoms with Gasteiger partial charge in [0, 0.05) is 24.1 Å². The van der Waals surface area contributed by atoms with E-state index in [1.54, 1.807) is 0 Å². The summed E-state index contributed by atoms with van der Waals surface area (Å²) in [5, 5.41) is 2.49. The van der Waals surface area contributed by atoms with E-state index in [9.17, 15) is 26.0 Å². The largest absolute Gasteiger partial charge is 0.403 e. The van der Waals surface area contributed by atoms with Crippen LogP contribution in [0.4, 0.5) is 28.4 Å². The van der Waals surface area contributed by atoms with E-state index in [0.717, 1.165) is 30.0 Å². The van der Waals surface area contributed by atoms with Crippen LogP contribution in [0.15, 0.2) is 23.4 Å². The standard InChI is InChI=1S/C15H19ClF4N6O2S2/c1-7(21)8(2-13(22)15(18,19)20)5-23-11-4-10(17)12(3-9(11)16)30(27,28)26-14-24-6-25-29-14/h3-4,6-8,13,23H,2,5,21-22H2,1H3,(H,24,25,26)/t7-,8+,13?/m1/s1. The first kappa shape index (κ1) is 24.5. The van der Waals surface area contributed by atoms with Gasteiger partial charge in [-0.25, -0.2) is 17.8 Å². The lowest BCUT2D eigenvalue weighted by Crippen LogP contribution is -2.43. The lowest BCUT2D eigenvalue weighted by molar-refractivity contribution is -0.151. The van der Waals surface area contributed by atoms with Crippen molar-refractivity contribution < 1.29 is 26.0 Å². The van der Waals surface area contributed by atoms with Crippen molar-refractivity contribution in [1.82, 2.24) is 9.36 Å². The zero-order valence-corrected chi connectivity index (χ0v) is 17.8. The summed E-state index contributed by atoms with van der Waals surface area (Å²) in [5.41, 5.74) is 10.9. The highest BCUT2D eigenvalue weighted by Gasteiger charge is 2.38. The lowest BCUT2D eigenvalue weighted by atomic mass is 9.93. The van der Waals surface area contributed by atoms with E-state index < -0.39 is 51.3 Å². The molecule has 1 aromatic carbocycles. The molecular weight excluding hydrogens is 472 g/mol. The first-order chi connectivity index (χ1) is 13.8. The molecule has 2 rings (SSSR count). The summed E-state index contributed by atoms with van der Waals surface area (Å²) >= 11 is 6.80. The topological polar surface area (TPSA) is 136 Å². The Balaban J connectivity index is 2.16. The molecule has 15 heteroatoms. The number of hydrogen-bond donors (Lipinski definition) is 4. The maximum Gasteiger partial charge on any atom is 0.403 e. The first-order valence-electron chi connectivity index (χ1n) is 8.41. The molecule has 8 nitrogen and oxygen atoms in total. The normalized spacial score (nSPS) is 15.5. The third-order valence-electron chi connectivity index (χ3n) is 4.17. The van der Waals surface area contributed by atoms with Crippen LogP contribution < -0.4 is 21.5 Å². The van der Waals surface area contributed by atoms with Crippen LogP contribution in [0, 0.1) is 11.7 Å². The molecule has 30 heavy (non-hydrogen) atoms. The van der Waals surface area contributed by atoms with Gasteiger partial charge in [0.15, 0.2) is 0 Å². The molecule has 1 heterocycles. The van der Waals surface area contributed by atoms with Crippen molar-refractivity contribution in [2.24, 2.45) is 17.4 Å². The van der Waals surface area contributed by atoms with Crippen molar-refractivity contribution in [3.63, 3.8) is 0 Å². The van der Waals surface area contributed by atoms with E-state index >= 15 is 0 Å². The zero-order chi connectivity index (χ0) is 22.7. The molecule has 0 aliphatic heterocycles. The van der Waals surface area contributed by atoms with Gasteiger partial charge in [0.05, 0.1) is 10.7 Å². The Morgan fingerprint density at radius 2 is 1.97 bits per heavy atom. The smallest absolute Gasteiger partial charge is 0.383 e. The number of anilines is 2. The Morgan fingerprint density at radius 1 is 1.30 bits per heavy atom. The van der Waals surface area contributed by atoms with E-state index in [1.165, 1.54) is 6.92 Å². The van der Waals surface area contributed by atoms with E-state index in [1.807, 2.05) is 0 Å². The van der Waals surface area contributed by atoms with Crippen molar-refractivity contribution in [2.45, 2.75) is 36.5 Å². The molecule has 0 spiro atoms. The van der Waals surface area contributed by atoms with Gasteiger partial charge in [0.1, 0.15) is 23.1 Å². The van der Waals surface area contributed by atoms with Crippen LogP contribution in [0.25, 0.3) is 0 Å². The highest BCUT2D eigenvalue weighted by Crippen LogP contribution is 2.30. The fourth-order valence-corrected chi connectivity index (χ4v) is 4.49. The average molecular weight is 491 g/mol. The van der Waals surface area contributed by atoms with Gasteiger partial charge in [-0.2, -0.15) is 17.5 Å². The number of halogens is 5. The second-order valence-electron chi connectivity index (χ2n) is 6.50. The van der Waals surface area contributed by atoms with Crippen LogP contribution in [-0.4, -0.2) is 42.6 Å².